The van der Waals surface area contributed by atoms with E-state index in [1.54, 1.807) is 0 Å². The van der Waals surface area contributed by atoms with Crippen molar-refractivity contribution in [2.24, 2.45) is 0 Å². The fourth-order valence-electron chi connectivity index (χ4n) is 2.50. The molecular formula is C21H20F2N4O. The molecule has 5 nitrogen and oxygen atoms in total. The van der Waals surface area contributed by atoms with Crippen LogP contribution in [0, 0.1) is 11.6 Å². The average Bonchev–Trinajstić information content (AvgIpc) is 2.65. The Morgan fingerprint density at radius 2 is 1.61 bits per heavy atom. The summed E-state index contributed by atoms with van der Waals surface area (Å²) in [6, 6.07) is 12.4. The fourth-order valence-corrected chi connectivity index (χ4v) is 2.50. The molecule has 1 amide bonds. The highest BCUT2D eigenvalue weighted by atomic mass is 19.2. The maximum atomic E-state index is 13.3. The minimum atomic E-state index is -1.04. The van der Waals surface area contributed by atoms with Crippen molar-refractivity contribution in [2.75, 3.05) is 10.6 Å². The van der Waals surface area contributed by atoms with Gasteiger partial charge in [0.05, 0.1) is 0 Å². The van der Waals surface area contributed by atoms with Gasteiger partial charge in [-0.15, -0.1) is 0 Å². The lowest BCUT2D eigenvalue weighted by Crippen LogP contribution is -2.15. The van der Waals surface area contributed by atoms with Gasteiger partial charge in [0.2, 0.25) is 5.95 Å². The molecule has 3 rings (SSSR count). The molecule has 0 saturated carbocycles. The van der Waals surface area contributed by atoms with E-state index in [9.17, 15) is 13.6 Å². The van der Waals surface area contributed by atoms with Gasteiger partial charge in [0.25, 0.3) is 5.91 Å². The van der Waals surface area contributed by atoms with Crippen molar-refractivity contribution < 1.29 is 13.6 Å². The second-order valence-electron chi connectivity index (χ2n) is 7.30. The van der Waals surface area contributed by atoms with E-state index in [4.69, 9.17) is 0 Å². The summed E-state index contributed by atoms with van der Waals surface area (Å²) in [4.78, 5) is 20.6. The van der Waals surface area contributed by atoms with Crippen LogP contribution in [-0.2, 0) is 5.41 Å². The molecule has 2 N–H and O–H groups in total. The van der Waals surface area contributed by atoms with Gasteiger partial charge in [-0.1, -0.05) is 32.9 Å². The highest BCUT2D eigenvalue weighted by Crippen LogP contribution is 2.24. The minimum Gasteiger partial charge on any atom is -0.324 e. The van der Waals surface area contributed by atoms with Gasteiger partial charge in [0, 0.05) is 23.6 Å². The van der Waals surface area contributed by atoms with Crippen LogP contribution in [0.1, 0.15) is 36.8 Å². The van der Waals surface area contributed by atoms with Crippen LogP contribution in [-0.4, -0.2) is 15.9 Å². The first kappa shape index (κ1) is 19.4. The molecule has 0 unspecified atom stereocenters. The Labute approximate surface area is 161 Å². The van der Waals surface area contributed by atoms with E-state index in [2.05, 4.69) is 41.4 Å². The van der Waals surface area contributed by atoms with E-state index in [-0.39, 0.29) is 22.7 Å². The van der Waals surface area contributed by atoms with Gasteiger partial charge in [-0.2, -0.15) is 0 Å². The monoisotopic (exact) mass is 382 g/mol. The number of rotatable bonds is 4. The third-order valence-electron chi connectivity index (χ3n) is 4.07. The van der Waals surface area contributed by atoms with Gasteiger partial charge in [-0.05, 0) is 41.3 Å². The molecule has 1 heterocycles. The zero-order valence-electron chi connectivity index (χ0n) is 15.8. The van der Waals surface area contributed by atoms with Gasteiger partial charge < -0.3 is 10.6 Å². The molecule has 0 saturated heterocycles. The largest absolute Gasteiger partial charge is 0.324 e. The van der Waals surface area contributed by atoms with Gasteiger partial charge in [-0.3, -0.25) is 4.79 Å². The Hall–Kier alpha value is -3.35. The molecule has 3 aromatic rings. The van der Waals surface area contributed by atoms with E-state index in [1.807, 2.05) is 24.3 Å². The first-order valence-corrected chi connectivity index (χ1v) is 8.69. The molecule has 0 atom stereocenters. The first-order valence-electron chi connectivity index (χ1n) is 8.69. The van der Waals surface area contributed by atoms with Crippen molar-refractivity contribution in [2.45, 2.75) is 26.2 Å². The number of aromatic nitrogens is 2. The topological polar surface area (TPSA) is 66.9 Å². The Kier molecular flexibility index (Phi) is 5.35. The van der Waals surface area contributed by atoms with E-state index >= 15 is 0 Å². The van der Waals surface area contributed by atoms with Gasteiger partial charge in [0.1, 0.15) is 5.69 Å². The standard InChI is InChI=1S/C21H20F2N4O/c1-21(2,3)13-4-6-14(7-5-13)26-20-24-11-10-18(27-20)19(28)25-15-8-9-16(22)17(23)12-15/h4-12H,1-3H3,(H,25,28)(H,24,26,27). The van der Waals surface area contributed by atoms with Crippen LogP contribution in [0.5, 0.6) is 0 Å². The summed E-state index contributed by atoms with van der Waals surface area (Å²) >= 11 is 0. The van der Waals surface area contributed by atoms with E-state index < -0.39 is 17.5 Å². The van der Waals surface area contributed by atoms with Crippen LogP contribution in [0.3, 0.4) is 0 Å². The lowest BCUT2D eigenvalue weighted by atomic mass is 9.87. The molecule has 144 valence electrons. The van der Waals surface area contributed by atoms with Crippen molar-refractivity contribution in [3.63, 3.8) is 0 Å². The summed E-state index contributed by atoms with van der Waals surface area (Å²) in [7, 11) is 0. The Balaban J connectivity index is 1.72. The van der Waals surface area contributed by atoms with Crippen LogP contribution in [0.25, 0.3) is 0 Å². The van der Waals surface area contributed by atoms with E-state index in [1.165, 1.54) is 23.9 Å². The summed E-state index contributed by atoms with van der Waals surface area (Å²) < 4.78 is 26.3. The number of nitrogens with zero attached hydrogens (tertiary/aromatic N) is 2. The molecule has 0 aliphatic heterocycles. The summed E-state index contributed by atoms with van der Waals surface area (Å²) in [6.07, 6.45) is 1.44. The third kappa shape index (κ3) is 4.68. The zero-order valence-corrected chi connectivity index (χ0v) is 15.8. The molecule has 0 fully saturated rings. The van der Waals surface area contributed by atoms with E-state index in [0.717, 1.165) is 17.8 Å². The fraction of sp³-hybridized carbons (Fsp3) is 0.190. The minimum absolute atomic E-state index is 0.0485. The average molecular weight is 382 g/mol. The van der Waals surface area contributed by atoms with Crippen molar-refractivity contribution >= 4 is 23.2 Å². The lowest BCUT2D eigenvalue weighted by molar-refractivity contribution is 0.102. The number of carbonyl (C=O) groups excluding carboxylic acids is 1. The molecule has 0 aliphatic carbocycles. The van der Waals surface area contributed by atoms with Crippen molar-refractivity contribution in [3.05, 3.63) is 77.6 Å². The number of nitrogens with one attached hydrogen (secondary N) is 2. The lowest BCUT2D eigenvalue weighted by Gasteiger charge is -2.19. The predicted octanol–water partition coefficient (Wildman–Crippen LogP) is 5.05. The van der Waals surface area contributed by atoms with E-state index in [0.29, 0.717) is 0 Å². The van der Waals surface area contributed by atoms with Crippen LogP contribution in [0.2, 0.25) is 0 Å². The highest BCUT2D eigenvalue weighted by Gasteiger charge is 2.14. The number of halogens is 2. The molecule has 0 radical (unpaired) electrons. The number of anilines is 3. The van der Waals surface area contributed by atoms with Gasteiger partial charge >= 0.3 is 0 Å². The molecule has 7 heteroatoms. The molecule has 0 bridgehead atoms. The Bertz CT molecular complexity index is 998. The quantitative estimate of drug-likeness (QED) is 0.663. The summed E-state index contributed by atoms with van der Waals surface area (Å²) in [6.45, 7) is 6.40. The number of hydrogen-bond donors (Lipinski definition) is 2. The molecule has 1 aromatic heterocycles. The maximum Gasteiger partial charge on any atom is 0.274 e. The second-order valence-corrected chi connectivity index (χ2v) is 7.30. The summed E-state index contributed by atoms with van der Waals surface area (Å²) in [5.41, 5.74) is 2.25. The smallest absolute Gasteiger partial charge is 0.274 e. The van der Waals surface area contributed by atoms with Crippen LogP contribution >= 0.6 is 0 Å². The molecule has 0 spiro atoms. The number of amides is 1. The molecule has 0 aliphatic rings. The third-order valence-corrected chi connectivity index (χ3v) is 4.07. The molecular weight excluding hydrogens is 362 g/mol. The van der Waals surface area contributed by atoms with Crippen LogP contribution in [0.15, 0.2) is 54.7 Å². The highest BCUT2D eigenvalue weighted by molar-refractivity contribution is 6.03. The second kappa shape index (κ2) is 7.72. The van der Waals surface area contributed by atoms with Crippen LogP contribution in [0.4, 0.5) is 26.1 Å². The Morgan fingerprint density at radius 3 is 2.25 bits per heavy atom. The van der Waals surface area contributed by atoms with Crippen molar-refractivity contribution in [1.82, 2.24) is 9.97 Å². The van der Waals surface area contributed by atoms with Crippen molar-refractivity contribution in [1.29, 1.82) is 0 Å². The zero-order chi connectivity index (χ0) is 20.3. The van der Waals surface area contributed by atoms with Crippen LogP contribution < -0.4 is 10.6 Å². The number of carbonyl (C=O) groups is 1. The summed E-state index contributed by atoms with van der Waals surface area (Å²) in [5, 5.41) is 5.52. The Morgan fingerprint density at radius 1 is 0.929 bits per heavy atom. The maximum absolute atomic E-state index is 13.3. The summed E-state index contributed by atoms with van der Waals surface area (Å²) in [5.74, 6) is -2.33. The molecule has 2 aromatic carbocycles. The van der Waals surface area contributed by atoms with Gasteiger partial charge in [0.15, 0.2) is 11.6 Å². The number of benzene rings is 2. The SMILES string of the molecule is CC(C)(C)c1ccc(Nc2nccc(C(=O)Nc3ccc(F)c(F)c3)n2)cc1. The van der Waals surface area contributed by atoms with Gasteiger partial charge in [-0.25, -0.2) is 18.7 Å². The predicted molar refractivity (Wildman–Crippen MR) is 105 cm³/mol. The first-order chi connectivity index (χ1) is 13.2. The number of hydrogen-bond acceptors (Lipinski definition) is 4. The van der Waals surface area contributed by atoms with Crippen molar-refractivity contribution in [3.8, 4) is 0 Å². The molecule has 28 heavy (non-hydrogen) atoms. The normalized spacial score (nSPS) is 11.2.